The standard InChI is InChI=1S/C8H14N4.C2H6/c1-4-12-6(3)11-5(2)7(9)8(12)10;1-2/h11H,2-4,9-10H2,1H3;1-2H3. The van der Waals surface area contributed by atoms with E-state index in [0.717, 1.165) is 6.54 Å². The van der Waals surface area contributed by atoms with Gasteiger partial charge in [-0.2, -0.15) is 0 Å². The quantitative estimate of drug-likeness (QED) is 0.585. The number of rotatable bonds is 1. The van der Waals surface area contributed by atoms with Crippen LogP contribution in [0.3, 0.4) is 0 Å². The van der Waals surface area contributed by atoms with E-state index in [0.29, 0.717) is 23.0 Å². The highest BCUT2D eigenvalue weighted by atomic mass is 15.3. The van der Waals surface area contributed by atoms with E-state index >= 15 is 0 Å². The van der Waals surface area contributed by atoms with Crippen molar-refractivity contribution in [2.45, 2.75) is 20.8 Å². The Morgan fingerprint density at radius 1 is 1.29 bits per heavy atom. The van der Waals surface area contributed by atoms with Crippen LogP contribution in [0.15, 0.2) is 36.2 Å². The molecule has 0 aromatic rings. The molecule has 0 atom stereocenters. The molecule has 0 radical (unpaired) electrons. The second-order valence-electron chi connectivity index (χ2n) is 2.59. The lowest BCUT2D eigenvalue weighted by Gasteiger charge is -2.32. The van der Waals surface area contributed by atoms with Crippen molar-refractivity contribution in [3.05, 3.63) is 36.2 Å². The molecule has 0 spiro atoms. The maximum Gasteiger partial charge on any atom is 0.130 e. The first-order valence-corrected chi connectivity index (χ1v) is 4.76. The zero-order valence-electron chi connectivity index (χ0n) is 9.22. The lowest BCUT2D eigenvalue weighted by Crippen LogP contribution is -2.41. The highest BCUT2D eigenvalue weighted by molar-refractivity contribution is 5.35. The summed E-state index contributed by atoms with van der Waals surface area (Å²) in [4.78, 5) is 1.80. The van der Waals surface area contributed by atoms with Gasteiger partial charge in [-0.25, -0.2) is 0 Å². The number of nitrogens with one attached hydrogen (secondary N) is 1. The predicted octanol–water partition coefficient (Wildman–Crippen LogP) is 1.01. The molecule has 1 rings (SSSR count). The average molecular weight is 196 g/mol. The van der Waals surface area contributed by atoms with Crippen LogP contribution in [0.2, 0.25) is 0 Å². The summed E-state index contributed by atoms with van der Waals surface area (Å²) in [6.45, 7) is 14.2. The largest absolute Gasteiger partial charge is 0.394 e. The summed E-state index contributed by atoms with van der Waals surface area (Å²) in [6, 6.07) is 0. The van der Waals surface area contributed by atoms with Crippen LogP contribution in [0.5, 0.6) is 0 Å². The molecule has 0 aromatic carbocycles. The van der Waals surface area contributed by atoms with E-state index in [2.05, 4.69) is 18.5 Å². The van der Waals surface area contributed by atoms with Crippen LogP contribution in [0, 0.1) is 0 Å². The van der Waals surface area contributed by atoms with Gasteiger partial charge in [-0.15, -0.1) is 0 Å². The summed E-state index contributed by atoms with van der Waals surface area (Å²) in [5.41, 5.74) is 12.5. The minimum Gasteiger partial charge on any atom is -0.394 e. The molecule has 0 unspecified atom stereocenters. The summed E-state index contributed by atoms with van der Waals surface area (Å²) in [6.07, 6.45) is 0. The Kier molecular flexibility index (Phi) is 4.63. The Bertz CT molecular complexity index is 265. The van der Waals surface area contributed by atoms with E-state index in [4.69, 9.17) is 11.5 Å². The molecule has 1 heterocycles. The van der Waals surface area contributed by atoms with Gasteiger partial charge in [0.2, 0.25) is 0 Å². The molecule has 5 N–H and O–H groups in total. The smallest absolute Gasteiger partial charge is 0.130 e. The fourth-order valence-corrected chi connectivity index (χ4v) is 1.12. The summed E-state index contributed by atoms with van der Waals surface area (Å²) in [5.74, 6) is 1.24. The van der Waals surface area contributed by atoms with Crippen molar-refractivity contribution in [1.82, 2.24) is 10.2 Å². The van der Waals surface area contributed by atoms with Crippen LogP contribution >= 0.6 is 0 Å². The monoisotopic (exact) mass is 196 g/mol. The summed E-state index contributed by atoms with van der Waals surface area (Å²) in [7, 11) is 0. The van der Waals surface area contributed by atoms with Crippen molar-refractivity contribution < 1.29 is 0 Å². The van der Waals surface area contributed by atoms with E-state index < -0.39 is 0 Å². The van der Waals surface area contributed by atoms with E-state index in [1.807, 2.05) is 20.8 Å². The highest BCUT2D eigenvalue weighted by Crippen LogP contribution is 2.16. The summed E-state index contributed by atoms with van der Waals surface area (Å²) < 4.78 is 0. The Balaban J connectivity index is 0.000000791. The van der Waals surface area contributed by atoms with Crippen LogP contribution in [-0.2, 0) is 0 Å². The average Bonchev–Trinajstić information content (AvgIpc) is 2.18. The van der Waals surface area contributed by atoms with E-state index in [1.54, 1.807) is 4.90 Å². The van der Waals surface area contributed by atoms with E-state index in [9.17, 15) is 0 Å². The van der Waals surface area contributed by atoms with Gasteiger partial charge < -0.3 is 21.7 Å². The fraction of sp³-hybridized carbons (Fsp3) is 0.400. The molecule has 0 saturated heterocycles. The molecule has 0 bridgehead atoms. The topological polar surface area (TPSA) is 67.3 Å². The van der Waals surface area contributed by atoms with Crippen LogP contribution in [0.25, 0.3) is 0 Å². The molecule has 0 amide bonds. The minimum atomic E-state index is 0.490. The van der Waals surface area contributed by atoms with Crippen molar-refractivity contribution in [2.24, 2.45) is 11.5 Å². The number of nitrogens with zero attached hydrogens (tertiary/aromatic N) is 1. The first-order chi connectivity index (χ1) is 6.57. The third kappa shape index (κ3) is 2.22. The predicted molar refractivity (Wildman–Crippen MR) is 60.5 cm³/mol. The zero-order chi connectivity index (χ0) is 11.3. The lowest BCUT2D eigenvalue weighted by atomic mass is 10.2. The van der Waals surface area contributed by atoms with Crippen LogP contribution in [0.1, 0.15) is 20.8 Å². The van der Waals surface area contributed by atoms with Crippen molar-refractivity contribution >= 4 is 0 Å². The van der Waals surface area contributed by atoms with Crippen LogP contribution in [0.4, 0.5) is 0 Å². The van der Waals surface area contributed by atoms with Gasteiger partial charge in [-0.05, 0) is 6.92 Å². The molecule has 0 fully saturated rings. The third-order valence-electron chi connectivity index (χ3n) is 1.83. The first kappa shape index (κ1) is 12.4. The van der Waals surface area contributed by atoms with Gasteiger partial charge in [0.05, 0.1) is 11.4 Å². The molecule has 0 aliphatic carbocycles. The Morgan fingerprint density at radius 3 is 2.21 bits per heavy atom. The van der Waals surface area contributed by atoms with Crippen molar-refractivity contribution in [3.8, 4) is 0 Å². The van der Waals surface area contributed by atoms with Crippen LogP contribution < -0.4 is 16.8 Å². The number of hydrogen-bond donors (Lipinski definition) is 3. The third-order valence-corrected chi connectivity index (χ3v) is 1.83. The van der Waals surface area contributed by atoms with Gasteiger partial charge in [0.15, 0.2) is 0 Å². The number of hydrogen-bond acceptors (Lipinski definition) is 4. The molecule has 0 saturated carbocycles. The molecule has 4 heteroatoms. The zero-order valence-corrected chi connectivity index (χ0v) is 9.22. The molecule has 4 nitrogen and oxygen atoms in total. The second-order valence-corrected chi connectivity index (χ2v) is 2.59. The molecule has 0 aromatic heterocycles. The summed E-state index contributed by atoms with van der Waals surface area (Å²) in [5, 5.41) is 2.93. The Hall–Kier alpha value is -1.58. The lowest BCUT2D eigenvalue weighted by molar-refractivity contribution is 0.401. The normalized spacial score (nSPS) is 16.1. The number of nitrogens with two attached hydrogens (primary N) is 2. The van der Waals surface area contributed by atoms with Crippen LogP contribution in [-0.4, -0.2) is 11.4 Å². The van der Waals surface area contributed by atoms with Gasteiger partial charge in [-0.3, -0.25) is 0 Å². The van der Waals surface area contributed by atoms with Crippen molar-refractivity contribution in [2.75, 3.05) is 6.54 Å². The second kappa shape index (κ2) is 5.21. The van der Waals surface area contributed by atoms with Crippen molar-refractivity contribution in [3.63, 3.8) is 0 Å². The van der Waals surface area contributed by atoms with E-state index in [-0.39, 0.29) is 0 Å². The Labute approximate surface area is 85.9 Å². The molecule has 1 aliphatic rings. The van der Waals surface area contributed by atoms with Gasteiger partial charge >= 0.3 is 0 Å². The fourth-order valence-electron chi connectivity index (χ4n) is 1.12. The molecule has 1 aliphatic heterocycles. The van der Waals surface area contributed by atoms with Gasteiger partial charge in [0, 0.05) is 6.54 Å². The van der Waals surface area contributed by atoms with Gasteiger partial charge in [0.1, 0.15) is 11.6 Å². The Morgan fingerprint density at radius 2 is 1.79 bits per heavy atom. The maximum absolute atomic E-state index is 5.73. The van der Waals surface area contributed by atoms with E-state index in [1.165, 1.54) is 0 Å². The molecular formula is C10H20N4. The maximum atomic E-state index is 5.73. The van der Waals surface area contributed by atoms with Gasteiger partial charge in [-0.1, -0.05) is 27.0 Å². The first-order valence-electron chi connectivity index (χ1n) is 4.76. The SMILES string of the molecule is C=C1NC(=C)N(CC)C(N)=C1N.CC. The van der Waals surface area contributed by atoms with Crippen molar-refractivity contribution in [1.29, 1.82) is 0 Å². The highest BCUT2D eigenvalue weighted by Gasteiger charge is 2.19. The summed E-state index contributed by atoms with van der Waals surface area (Å²) >= 11 is 0. The van der Waals surface area contributed by atoms with Gasteiger partial charge in [0.25, 0.3) is 0 Å². The molecule has 80 valence electrons. The molecule has 14 heavy (non-hydrogen) atoms. The minimum absolute atomic E-state index is 0.490. The molecular weight excluding hydrogens is 176 g/mol.